The zero-order valence-corrected chi connectivity index (χ0v) is 21.1. The molecule has 3 aromatic rings. The number of nitrogens with zero attached hydrogens (tertiary/aromatic N) is 2. The Balaban J connectivity index is 1.89. The maximum atomic E-state index is 13.7. The highest BCUT2D eigenvalue weighted by atomic mass is 32.1. The maximum absolute atomic E-state index is 13.7. The Morgan fingerprint density at radius 1 is 1.22 bits per heavy atom. The summed E-state index contributed by atoms with van der Waals surface area (Å²) in [5, 5.41) is 11.4. The monoisotopic (exact) mass is 522 g/mol. The van der Waals surface area contributed by atoms with Gasteiger partial charge in [0.1, 0.15) is 28.8 Å². The number of carbonyl (C=O) groups excluding carboxylic acids is 3. The maximum Gasteiger partial charge on any atom is 0.350 e. The van der Waals surface area contributed by atoms with E-state index in [1.165, 1.54) is 37.5 Å². The molecule has 190 valence electrons. The standard InChI is InChI=1S/C27H23FN2O6S/c1-5-12-36-26(34)24-15(3)29-27(37-24)30-21(16-6-8-17(28)9-7-16)20(23(32)25(30)33)22(31)19-11-10-18(35-4)13-14(19)2/h5-11,13,21,31H,1,12H2,2-4H3/b22-20+. The lowest BCUT2D eigenvalue weighted by molar-refractivity contribution is -0.132. The van der Waals surface area contributed by atoms with Crippen molar-refractivity contribution >= 4 is 39.9 Å². The van der Waals surface area contributed by atoms with Crippen molar-refractivity contribution in [3.63, 3.8) is 0 Å². The van der Waals surface area contributed by atoms with Crippen molar-refractivity contribution in [1.82, 2.24) is 4.98 Å². The Kier molecular flexibility index (Phi) is 7.21. The molecule has 0 spiro atoms. The van der Waals surface area contributed by atoms with E-state index in [0.29, 0.717) is 28.1 Å². The summed E-state index contributed by atoms with van der Waals surface area (Å²) in [6.45, 7) is 6.81. The highest BCUT2D eigenvalue weighted by Gasteiger charge is 2.48. The van der Waals surface area contributed by atoms with Crippen LogP contribution in [0.4, 0.5) is 9.52 Å². The number of aliphatic hydroxyl groups excluding tert-OH is 1. The summed E-state index contributed by atoms with van der Waals surface area (Å²) in [4.78, 5) is 44.7. The number of methoxy groups -OCH3 is 1. The lowest BCUT2D eigenvalue weighted by Gasteiger charge is -2.23. The number of rotatable bonds is 7. The average molecular weight is 523 g/mol. The number of anilines is 1. The van der Waals surface area contributed by atoms with Gasteiger partial charge in [-0.1, -0.05) is 36.1 Å². The Morgan fingerprint density at radius 3 is 2.54 bits per heavy atom. The van der Waals surface area contributed by atoms with Crippen LogP contribution in [-0.4, -0.2) is 41.5 Å². The summed E-state index contributed by atoms with van der Waals surface area (Å²) in [6.07, 6.45) is 1.42. The lowest BCUT2D eigenvalue weighted by atomic mass is 9.94. The highest BCUT2D eigenvalue weighted by Crippen LogP contribution is 2.44. The molecule has 4 rings (SSSR count). The third-order valence-corrected chi connectivity index (χ3v) is 6.96. The van der Waals surface area contributed by atoms with Gasteiger partial charge in [0.2, 0.25) is 0 Å². The van der Waals surface area contributed by atoms with E-state index >= 15 is 0 Å². The normalized spacial score (nSPS) is 16.6. The van der Waals surface area contributed by atoms with Gasteiger partial charge in [-0.25, -0.2) is 14.2 Å². The van der Waals surface area contributed by atoms with Crippen molar-refractivity contribution in [3.05, 3.63) is 93.8 Å². The molecule has 0 aliphatic carbocycles. The van der Waals surface area contributed by atoms with Gasteiger partial charge in [0.15, 0.2) is 5.13 Å². The molecule has 1 aliphatic heterocycles. The van der Waals surface area contributed by atoms with Crippen LogP contribution in [0.25, 0.3) is 5.76 Å². The fraction of sp³-hybridized carbons (Fsp3) is 0.185. The first-order valence-corrected chi connectivity index (χ1v) is 12.0. The van der Waals surface area contributed by atoms with Gasteiger partial charge in [0.25, 0.3) is 5.78 Å². The summed E-state index contributed by atoms with van der Waals surface area (Å²) < 4.78 is 24.1. The van der Waals surface area contributed by atoms with Crippen molar-refractivity contribution < 1.29 is 33.4 Å². The van der Waals surface area contributed by atoms with Crippen LogP contribution in [0.1, 0.15) is 38.1 Å². The van der Waals surface area contributed by atoms with Crippen molar-refractivity contribution in [2.45, 2.75) is 19.9 Å². The van der Waals surface area contributed by atoms with Crippen molar-refractivity contribution in [3.8, 4) is 5.75 Å². The van der Waals surface area contributed by atoms with Gasteiger partial charge < -0.3 is 14.6 Å². The summed E-state index contributed by atoms with van der Waals surface area (Å²) in [5.74, 6) is -2.88. The smallest absolute Gasteiger partial charge is 0.350 e. The summed E-state index contributed by atoms with van der Waals surface area (Å²) in [6, 6.07) is 9.00. The number of Topliss-reactive ketones (excluding diaryl/α,β-unsaturated/α-hetero) is 1. The molecule has 0 bridgehead atoms. The number of benzene rings is 2. The molecule has 1 aromatic heterocycles. The average Bonchev–Trinajstić information content (AvgIpc) is 3.39. The molecule has 10 heteroatoms. The SMILES string of the molecule is C=CCOC(=O)c1sc(N2C(=O)C(=O)/C(=C(/O)c3ccc(OC)cc3C)C2c2ccc(F)cc2)nc1C. The Hall–Kier alpha value is -4.31. The molecule has 2 aromatic carbocycles. The Labute approximate surface area is 216 Å². The van der Waals surface area contributed by atoms with E-state index < -0.39 is 35.3 Å². The van der Waals surface area contributed by atoms with E-state index in [9.17, 15) is 23.9 Å². The molecule has 0 radical (unpaired) electrons. The number of thiazole rings is 1. The first kappa shape index (κ1) is 25.8. The summed E-state index contributed by atoms with van der Waals surface area (Å²) in [5.41, 5.74) is 1.43. The molecular weight excluding hydrogens is 499 g/mol. The number of ether oxygens (including phenoxy) is 2. The van der Waals surface area contributed by atoms with Crippen LogP contribution in [0.5, 0.6) is 5.75 Å². The van der Waals surface area contributed by atoms with E-state index in [4.69, 9.17) is 9.47 Å². The minimum absolute atomic E-state index is 0.00713. The van der Waals surface area contributed by atoms with Crippen LogP contribution in [0.3, 0.4) is 0 Å². The van der Waals surface area contributed by atoms with E-state index in [-0.39, 0.29) is 22.2 Å². The van der Waals surface area contributed by atoms with Crippen LogP contribution in [0.2, 0.25) is 0 Å². The molecule has 1 saturated heterocycles. The van der Waals surface area contributed by atoms with Crippen LogP contribution in [0, 0.1) is 19.7 Å². The zero-order chi connectivity index (χ0) is 26.9. The summed E-state index contributed by atoms with van der Waals surface area (Å²) >= 11 is 0.878. The fourth-order valence-corrected chi connectivity index (χ4v) is 5.03. The molecule has 8 nitrogen and oxygen atoms in total. The van der Waals surface area contributed by atoms with Gasteiger partial charge >= 0.3 is 11.9 Å². The number of halogens is 1. The fourth-order valence-electron chi connectivity index (χ4n) is 4.04. The second kappa shape index (κ2) is 10.4. The molecule has 1 N–H and O–H groups in total. The predicted molar refractivity (Wildman–Crippen MR) is 136 cm³/mol. The first-order chi connectivity index (χ1) is 17.7. The van der Waals surface area contributed by atoms with E-state index in [1.807, 2.05) is 0 Å². The topological polar surface area (TPSA) is 106 Å². The van der Waals surface area contributed by atoms with Crippen LogP contribution in [-0.2, 0) is 14.3 Å². The molecule has 1 aliphatic rings. The zero-order valence-electron chi connectivity index (χ0n) is 20.3. The van der Waals surface area contributed by atoms with Crippen molar-refractivity contribution in [2.75, 3.05) is 18.6 Å². The number of carbonyl (C=O) groups is 3. The molecular formula is C27H23FN2O6S. The Morgan fingerprint density at radius 2 is 1.92 bits per heavy atom. The van der Waals surface area contributed by atoms with Gasteiger partial charge in [-0.2, -0.15) is 0 Å². The number of hydrogen-bond acceptors (Lipinski definition) is 8. The molecule has 1 amide bonds. The van der Waals surface area contributed by atoms with Gasteiger partial charge in [0.05, 0.1) is 24.4 Å². The molecule has 0 saturated carbocycles. The number of amides is 1. The number of esters is 1. The van der Waals surface area contributed by atoms with Crippen LogP contribution in [0.15, 0.2) is 60.7 Å². The number of ketones is 1. The molecule has 1 unspecified atom stereocenters. The number of aliphatic hydroxyl groups is 1. The minimum atomic E-state index is -1.12. The third kappa shape index (κ3) is 4.75. The Bertz CT molecular complexity index is 1440. The van der Waals surface area contributed by atoms with Gasteiger partial charge in [-0.3, -0.25) is 14.5 Å². The van der Waals surface area contributed by atoms with Crippen molar-refractivity contribution in [1.29, 1.82) is 0 Å². The van der Waals surface area contributed by atoms with Gasteiger partial charge in [-0.15, -0.1) is 0 Å². The second-order valence-electron chi connectivity index (χ2n) is 8.20. The number of aromatic nitrogens is 1. The van der Waals surface area contributed by atoms with Gasteiger partial charge in [0, 0.05) is 5.56 Å². The van der Waals surface area contributed by atoms with Gasteiger partial charge in [-0.05, 0) is 55.3 Å². The number of hydrogen-bond donors (Lipinski definition) is 1. The highest BCUT2D eigenvalue weighted by molar-refractivity contribution is 7.17. The second-order valence-corrected chi connectivity index (χ2v) is 9.18. The predicted octanol–water partition coefficient (Wildman–Crippen LogP) is 4.88. The largest absolute Gasteiger partial charge is 0.507 e. The lowest BCUT2D eigenvalue weighted by Crippen LogP contribution is -2.29. The van der Waals surface area contributed by atoms with Crippen molar-refractivity contribution in [2.24, 2.45) is 0 Å². The first-order valence-electron chi connectivity index (χ1n) is 11.1. The number of aryl methyl sites for hydroxylation is 2. The molecule has 1 fully saturated rings. The molecule has 1 atom stereocenters. The summed E-state index contributed by atoms with van der Waals surface area (Å²) in [7, 11) is 1.51. The van der Waals surface area contributed by atoms with E-state index in [0.717, 1.165) is 16.2 Å². The molecule has 37 heavy (non-hydrogen) atoms. The molecule has 2 heterocycles. The quantitative estimate of drug-likeness (QED) is 0.155. The van der Waals surface area contributed by atoms with Crippen LogP contribution >= 0.6 is 11.3 Å². The minimum Gasteiger partial charge on any atom is -0.507 e. The van der Waals surface area contributed by atoms with E-state index in [2.05, 4.69) is 11.6 Å². The third-order valence-electron chi connectivity index (χ3n) is 5.83. The van der Waals surface area contributed by atoms with Crippen LogP contribution < -0.4 is 9.64 Å². The van der Waals surface area contributed by atoms with E-state index in [1.54, 1.807) is 32.0 Å².